The minimum Gasteiger partial charge on any atom is -0.467 e. The zero-order valence-electron chi connectivity index (χ0n) is 18.5. The van der Waals surface area contributed by atoms with Gasteiger partial charge in [-0.05, 0) is 54.7 Å². The Balaban J connectivity index is 1.55. The Morgan fingerprint density at radius 2 is 2.06 bits per heavy atom. The molecule has 0 spiro atoms. The van der Waals surface area contributed by atoms with Gasteiger partial charge in [0.05, 0.1) is 12.3 Å². The summed E-state index contributed by atoms with van der Waals surface area (Å²) in [5.74, 6) is 1.80. The van der Waals surface area contributed by atoms with Gasteiger partial charge in [-0.3, -0.25) is 0 Å². The first-order valence-electron chi connectivity index (χ1n) is 11.0. The molecule has 5 rings (SSSR count). The van der Waals surface area contributed by atoms with E-state index in [0.717, 1.165) is 61.9 Å². The van der Waals surface area contributed by atoms with E-state index >= 15 is 0 Å². The van der Waals surface area contributed by atoms with Gasteiger partial charge in [-0.15, -0.1) is 0 Å². The van der Waals surface area contributed by atoms with Gasteiger partial charge in [-0.1, -0.05) is 48.2 Å². The van der Waals surface area contributed by atoms with Gasteiger partial charge in [0.2, 0.25) is 0 Å². The van der Waals surface area contributed by atoms with E-state index in [2.05, 4.69) is 53.0 Å². The first-order chi connectivity index (χ1) is 16.7. The molecule has 0 fully saturated rings. The van der Waals surface area contributed by atoms with Crippen molar-refractivity contribution in [1.82, 2.24) is 14.9 Å². The quantitative estimate of drug-likeness (QED) is 0.223. The summed E-state index contributed by atoms with van der Waals surface area (Å²) in [6, 6.07) is 18.3. The fourth-order valence-corrected chi connectivity index (χ4v) is 5.01. The van der Waals surface area contributed by atoms with E-state index in [1.807, 2.05) is 36.5 Å². The Morgan fingerprint density at radius 1 is 1.18 bits per heavy atom. The van der Waals surface area contributed by atoms with Gasteiger partial charge in [0, 0.05) is 50.8 Å². The van der Waals surface area contributed by atoms with E-state index in [1.54, 1.807) is 17.8 Å². The van der Waals surface area contributed by atoms with E-state index in [1.165, 1.54) is 0 Å². The molecule has 0 aromatic heterocycles. The topological polar surface area (TPSA) is 48.3 Å². The molecular weight excluding hydrogens is 466 g/mol. The predicted molar refractivity (Wildman–Crippen MR) is 137 cm³/mol. The van der Waals surface area contributed by atoms with Crippen molar-refractivity contribution in [3.63, 3.8) is 0 Å². The average Bonchev–Trinajstić information content (AvgIpc) is 3.24. The summed E-state index contributed by atoms with van der Waals surface area (Å²) in [5, 5.41) is 4.01. The normalized spacial score (nSPS) is 13.1. The molecule has 5 nitrogen and oxygen atoms in total. The first kappa shape index (κ1) is 22.6. The number of fused-ring (bicyclic) bond motifs is 2. The van der Waals surface area contributed by atoms with Crippen LogP contribution in [0.15, 0.2) is 95.5 Å². The molecule has 0 unspecified atom stereocenters. The van der Waals surface area contributed by atoms with Gasteiger partial charge in [0.15, 0.2) is 6.79 Å². The number of benzene rings is 2. The second-order valence-electron chi connectivity index (χ2n) is 7.77. The summed E-state index contributed by atoms with van der Waals surface area (Å²) in [6.45, 7) is 6.09. The zero-order valence-corrected chi connectivity index (χ0v) is 20.1. The molecule has 3 aliphatic heterocycles. The third-order valence-corrected chi connectivity index (χ3v) is 6.87. The molecule has 0 saturated heterocycles. The molecule has 7 heteroatoms. The van der Waals surface area contributed by atoms with Crippen LogP contribution in [0.2, 0.25) is 5.02 Å². The number of hydrogen-bond acceptors (Lipinski definition) is 5. The Bertz CT molecular complexity index is 1300. The van der Waals surface area contributed by atoms with Gasteiger partial charge in [-0.25, -0.2) is 4.98 Å². The summed E-state index contributed by atoms with van der Waals surface area (Å²) < 4.78 is 13.3. The number of rotatable bonds is 8. The third-order valence-electron chi connectivity index (χ3n) is 5.50. The van der Waals surface area contributed by atoms with Crippen molar-refractivity contribution in [1.29, 1.82) is 0 Å². The van der Waals surface area contributed by atoms with Crippen molar-refractivity contribution in [3.05, 3.63) is 96.3 Å². The lowest BCUT2D eigenvalue weighted by Crippen LogP contribution is -2.15. The Labute approximate surface area is 208 Å². The van der Waals surface area contributed by atoms with Crippen molar-refractivity contribution < 1.29 is 9.47 Å². The number of aromatic nitrogens is 2. The highest BCUT2D eigenvalue weighted by Crippen LogP contribution is 2.45. The molecule has 0 atom stereocenters. The van der Waals surface area contributed by atoms with E-state index in [0.29, 0.717) is 6.61 Å². The highest BCUT2D eigenvalue weighted by Gasteiger charge is 2.23. The molecule has 0 saturated carbocycles. The molecule has 1 N–H and O–H groups in total. The molecule has 2 aromatic rings. The van der Waals surface area contributed by atoms with E-state index in [9.17, 15) is 0 Å². The van der Waals surface area contributed by atoms with Crippen LogP contribution in [0.1, 0.15) is 5.56 Å². The monoisotopic (exact) mass is 489 g/mol. The van der Waals surface area contributed by atoms with Crippen LogP contribution in [0, 0.1) is 0 Å². The molecule has 0 amide bonds. The molecule has 172 valence electrons. The number of nitrogens with zero attached hydrogens (tertiary/aromatic N) is 2. The minimum atomic E-state index is 0.270. The minimum absolute atomic E-state index is 0.270. The van der Waals surface area contributed by atoms with Crippen LogP contribution in [-0.4, -0.2) is 22.9 Å². The molecule has 0 bridgehead atoms. The van der Waals surface area contributed by atoms with Crippen LogP contribution in [0.5, 0.6) is 5.75 Å². The summed E-state index contributed by atoms with van der Waals surface area (Å²) >= 11 is 7.82. The van der Waals surface area contributed by atoms with Gasteiger partial charge in [0.25, 0.3) is 0 Å². The summed E-state index contributed by atoms with van der Waals surface area (Å²) in [6.07, 6.45) is 7.60. The van der Waals surface area contributed by atoms with Crippen molar-refractivity contribution >= 4 is 23.4 Å². The molecule has 3 heterocycles. The first-order valence-corrected chi connectivity index (χ1v) is 12.2. The largest absolute Gasteiger partial charge is 0.467 e. The summed E-state index contributed by atoms with van der Waals surface area (Å²) in [7, 11) is 0. The van der Waals surface area contributed by atoms with E-state index in [4.69, 9.17) is 26.1 Å². The maximum absolute atomic E-state index is 6.12. The lowest BCUT2D eigenvalue weighted by Gasteiger charge is -2.18. The molecule has 0 radical (unpaired) electrons. The smallest absolute Gasteiger partial charge is 0.189 e. The summed E-state index contributed by atoms with van der Waals surface area (Å²) in [5.41, 5.74) is 4.12. The fourth-order valence-electron chi connectivity index (χ4n) is 3.85. The average molecular weight is 490 g/mol. The lowest BCUT2D eigenvalue weighted by atomic mass is 10.1. The molecule has 2 aromatic carbocycles. The van der Waals surface area contributed by atoms with Gasteiger partial charge in [-0.2, -0.15) is 0 Å². The fraction of sp³-hybridized carbons (Fsp3) is 0.148. The zero-order chi connectivity index (χ0) is 23.3. The van der Waals surface area contributed by atoms with Gasteiger partial charge in [0.1, 0.15) is 11.6 Å². The number of ether oxygens (including phenoxy) is 2. The maximum atomic E-state index is 6.12. The standard InChI is InChI=1S/C27H24ClN3O2S/c1-2-3-12-29-13-15-31-14-4-5-23-26(34-22-10-8-21(28)9-11-22)25(30-27(23)31)19-6-7-20-17-32-18-33-24(20)16-19/h2-12,14,16,29H,1,13,15,17-18H2/b12-3-. The SMILES string of the molecule is C=C/C=C\NCCn1cccc2c(Sc3ccc(Cl)cc3)c(-c3ccc4c(c3)OCOC4)nc1-2. The number of hydrogen-bond donors (Lipinski definition) is 1. The van der Waals surface area contributed by atoms with Crippen LogP contribution < -0.4 is 10.1 Å². The van der Waals surface area contributed by atoms with Gasteiger partial charge >= 0.3 is 0 Å². The summed E-state index contributed by atoms with van der Waals surface area (Å²) in [4.78, 5) is 7.34. The van der Waals surface area contributed by atoms with E-state index < -0.39 is 0 Å². The van der Waals surface area contributed by atoms with Crippen LogP contribution in [-0.2, 0) is 17.9 Å². The second-order valence-corrected chi connectivity index (χ2v) is 9.29. The number of pyridine rings is 1. The molecule has 34 heavy (non-hydrogen) atoms. The van der Waals surface area contributed by atoms with Crippen LogP contribution in [0.4, 0.5) is 0 Å². The van der Waals surface area contributed by atoms with Gasteiger partial charge < -0.3 is 19.4 Å². The van der Waals surface area contributed by atoms with Crippen molar-refractivity contribution in [2.24, 2.45) is 0 Å². The lowest BCUT2D eigenvalue weighted by molar-refractivity contribution is -0.0163. The molecular formula is C27H24ClN3O2S. The van der Waals surface area contributed by atoms with Crippen molar-refractivity contribution in [2.45, 2.75) is 22.9 Å². The Morgan fingerprint density at radius 3 is 2.91 bits per heavy atom. The number of halogens is 1. The van der Waals surface area contributed by atoms with E-state index in [-0.39, 0.29) is 6.79 Å². The number of nitrogens with one attached hydrogen (secondary N) is 1. The van der Waals surface area contributed by atoms with Crippen molar-refractivity contribution in [2.75, 3.05) is 13.3 Å². The second kappa shape index (κ2) is 10.4. The Kier molecular flexibility index (Phi) is 6.90. The molecule has 3 aliphatic rings. The number of allylic oxidation sites excluding steroid dienone is 2. The Hall–Kier alpha value is -3.19. The maximum Gasteiger partial charge on any atom is 0.189 e. The van der Waals surface area contributed by atoms with Crippen LogP contribution in [0.3, 0.4) is 0 Å². The predicted octanol–water partition coefficient (Wildman–Crippen LogP) is 6.62. The van der Waals surface area contributed by atoms with Crippen molar-refractivity contribution in [3.8, 4) is 28.4 Å². The van der Waals surface area contributed by atoms with Crippen LogP contribution in [0.25, 0.3) is 22.6 Å². The highest BCUT2D eigenvalue weighted by molar-refractivity contribution is 7.99. The third kappa shape index (κ3) is 4.85. The van der Waals surface area contributed by atoms with Crippen LogP contribution >= 0.6 is 23.4 Å². The highest BCUT2D eigenvalue weighted by atomic mass is 35.5. The molecule has 0 aliphatic carbocycles.